The molecule has 62 heavy (non-hydrogen) atoms. The minimum atomic E-state index is 0.878. The fourth-order valence-corrected chi connectivity index (χ4v) is 8.86. The van der Waals surface area contributed by atoms with Crippen LogP contribution in [0, 0.1) is 0 Å². The van der Waals surface area contributed by atoms with E-state index in [4.69, 9.17) is 4.42 Å². The van der Waals surface area contributed by atoms with Crippen LogP contribution in [0.5, 0.6) is 0 Å². The third-order valence-corrected chi connectivity index (χ3v) is 11.9. The van der Waals surface area contributed by atoms with Crippen molar-refractivity contribution in [2.45, 2.75) is 0 Å². The summed E-state index contributed by atoms with van der Waals surface area (Å²) in [4.78, 5) is 2.37. The molecule has 11 aromatic rings. The van der Waals surface area contributed by atoms with E-state index in [-0.39, 0.29) is 0 Å². The lowest BCUT2D eigenvalue weighted by Crippen LogP contribution is -2.11. The van der Waals surface area contributed by atoms with Gasteiger partial charge in [-0.15, -0.1) is 0 Å². The van der Waals surface area contributed by atoms with Gasteiger partial charge in [0.15, 0.2) is 0 Å². The van der Waals surface area contributed by atoms with E-state index in [1.807, 2.05) is 12.1 Å². The Morgan fingerprint density at radius 3 is 1.48 bits per heavy atom. The molecule has 0 aliphatic carbocycles. The zero-order valence-corrected chi connectivity index (χ0v) is 34.0. The molecule has 0 amide bonds. The number of hydrogen-bond acceptors (Lipinski definition) is 2. The molecule has 11 rings (SSSR count). The van der Waals surface area contributed by atoms with Crippen LogP contribution in [0.4, 0.5) is 17.1 Å². The van der Waals surface area contributed by atoms with Crippen LogP contribution in [0.25, 0.3) is 88.7 Å². The number of hydrogen-bond donors (Lipinski definition) is 0. The van der Waals surface area contributed by atoms with Gasteiger partial charge in [-0.3, -0.25) is 0 Å². The molecular weight excluding hydrogens is 751 g/mol. The summed E-state index contributed by atoms with van der Waals surface area (Å²) in [5.74, 6) is 0.878. The molecule has 0 saturated heterocycles. The summed E-state index contributed by atoms with van der Waals surface area (Å²) in [6, 6.07) is 88.8. The number of benzene rings is 10. The summed E-state index contributed by atoms with van der Waals surface area (Å²) in [6.45, 7) is 0. The Hall–Kier alpha value is -8.20. The predicted molar refractivity (Wildman–Crippen MR) is 261 cm³/mol. The van der Waals surface area contributed by atoms with Crippen molar-refractivity contribution in [3.8, 4) is 67.0 Å². The molecule has 0 saturated carbocycles. The molecule has 1 aromatic heterocycles. The van der Waals surface area contributed by atoms with Crippen molar-refractivity contribution in [1.29, 1.82) is 0 Å². The van der Waals surface area contributed by atoms with Crippen LogP contribution in [0.15, 0.2) is 253 Å². The van der Waals surface area contributed by atoms with Gasteiger partial charge >= 0.3 is 0 Å². The first-order valence-electron chi connectivity index (χ1n) is 21.2. The number of nitrogens with zero attached hydrogens (tertiary/aromatic N) is 1. The Labute approximate surface area is 362 Å². The van der Waals surface area contributed by atoms with Gasteiger partial charge in [0, 0.05) is 33.5 Å². The monoisotopic (exact) mass is 791 g/mol. The molecule has 292 valence electrons. The second-order valence-corrected chi connectivity index (χ2v) is 15.7. The summed E-state index contributed by atoms with van der Waals surface area (Å²) in [7, 11) is 0. The fraction of sp³-hybridized carbons (Fsp3) is 0. The third kappa shape index (κ3) is 6.94. The normalized spacial score (nSPS) is 11.2. The van der Waals surface area contributed by atoms with Crippen LogP contribution in [0.2, 0.25) is 0 Å². The van der Waals surface area contributed by atoms with Gasteiger partial charge in [0.2, 0.25) is 0 Å². The van der Waals surface area contributed by atoms with Crippen molar-refractivity contribution in [3.05, 3.63) is 249 Å². The minimum absolute atomic E-state index is 0.878. The summed E-state index contributed by atoms with van der Waals surface area (Å²) >= 11 is 0. The van der Waals surface area contributed by atoms with Gasteiger partial charge in [0.25, 0.3) is 0 Å². The van der Waals surface area contributed by atoms with Crippen molar-refractivity contribution in [2.75, 3.05) is 4.90 Å². The SMILES string of the molecule is c1ccc(-c2ccccc2N(c2ccc(-c3ccc(-c4cccc5ccccc45)cc3)cc2)c2ccc(-c3cccc(-c4oc5ccccc5c4-c4ccccc4)c3)cc2)cc1. The molecule has 0 bridgehead atoms. The lowest BCUT2D eigenvalue weighted by Gasteiger charge is -2.28. The fourth-order valence-electron chi connectivity index (χ4n) is 8.86. The molecule has 0 atom stereocenters. The second-order valence-electron chi connectivity index (χ2n) is 15.7. The van der Waals surface area contributed by atoms with Gasteiger partial charge in [0.05, 0.1) is 5.69 Å². The topological polar surface area (TPSA) is 16.4 Å². The average Bonchev–Trinajstić information content (AvgIpc) is 3.75. The zero-order chi connectivity index (χ0) is 41.2. The van der Waals surface area contributed by atoms with E-state index in [0.717, 1.165) is 67.2 Å². The highest BCUT2D eigenvalue weighted by molar-refractivity contribution is 6.02. The summed E-state index contributed by atoms with van der Waals surface area (Å²) in [5, 5.41) is 3.63. The van der Waals surface area contributed by atoms with E-state index in [9.17, 15) is 0 Å². The van der Waals surface area contributed by atoms with Crippen molar-refractivity contribution >= 4 is 38.8 Å². The van der Waals surface area contributed by atoms with E-state index < -0.39 is 0 Å². The van der Waals surface area contributed by atoms with Crippen LogP contribution in [0.3, 0.4) is 0 Å². The van der Waals surface area contributed by atoms with Crippen LogP contribution >= 0.6 is 0 Å². The maximum Gasteiger partial charge on any atom is 0.143 e. The molecule has 0 aliphatic rings. The largest absolute Gasteiger partial charge is 0.455 e. The molecule has 0 unspecified atom stereocenters. The molecule has 0 fully saturated rings. The number of anilines is 3. The maximum absolute atomic E-state index is 6.59. The molecule has 0 N–H and O–H groups in total. The first-order valence-corrected chi connectivity index (χ1v) is 21.2. The van der Waals surface area contributed by atoms with Gasteiger partial charge in [-0.2, -0.15) is 0 Å². The Balaban J connectivity index is 0.949. The summed E-state index contributed by atoms with van der Waals surface area (Å²) in [5.41, 5.74) is 16.9. The molecule has 0 spiro atoms. The van der Waals surface area contributed by atoms with E-state index >= 15 is 0 Å². The van der Waals surface area contributed by atoms with E-state index in [1.54, 1.807) is 0 Å². The lowest BCUT2D eigenvalue weighted by molar-refractivity contribution is 0.632. The standard InChI is InChI=1S/C60H41NO/c1-3-15-46(16-4-1)55-24-9-11-27-57(55)61(51-37-33-43(34-38-51)42-29-31-47(32-30-42)54-26-14-20-45-17-7-8-23-53(45)54)52-39-35-44(36-40-52)49-21-13-22-50(41-49)60-59(48-18-5-2-6-19-48)56-25-10-12-28-58(56)62-60/h1-41H. The Bertz CT molecular complexity index is 3310. The van der Waals surface area contributed by atoms with Gasteiger partial charge in [-0.1, -0.05) is 206 Å². The molecule has 2 heteroatoms. The molecule has 10 aromatic carbocycles. The first kappa shape index (κ1) is 36.8. The highest BCUT2D eigenvalue weighted by Gasteiger charge is 2.20. The zero-order valence-electron chi connectivity index (χ0n) is 34.0. The van der Waals surface area contributed by atoms with E-state index in [0.29, 0.717) is 0 Å². The van der Waals surface area contributed by atoms with Gasteiger partial charge < -0.3 is 9.32 Å². The van der Waals surface area contributed by atoms with Crippen LogP contribution in [-0.2, 0) is 0 Å². The van der Waals surface area contributed by atoms with Crippen LogP contribution < -0.4 is 4.90 Å². The Kier molecular flexibility index (Phi) is 9.57. The quantitative estimate of drug-likeness (QED) is 0.145. The highest BCUT2D eigenvalue weighted by atomic mass is 16.3. The Morgan fingerprint density at radius 2 is 0.758 bits per heavy atom. The van der Waals surface area contributed by atoms with Gasteiger partial charge in [-0.05, 0) is 97.7 Å². The van der Waals surface area contributed by atoms with Crippen LogP contribution in [0.1, 0.15) is 0 Å². The van der Waals surface area contributed by atoms with E-state index in [2.05, 4.69) is 241 Å². The summed E-state index contributed by atoms with van der Waals surface area (Å²) < 4.78 is 6.59. The second kappa shape index (κ2) is 16.1. The molecule has 1 heterocycles. The number of furan rings is 1. The van der Waals surface area contributed by atoms with Crippen molar-refractivity contribution in [2.24, 2.45) is 0 Å². The number of fused-ring (bicyclic) bond motifs is 2. The van der Waals surface area contributed by atoms with Gasteiger partial charge in [-0.25, -0.2) is 0 Å². The van der Waals surface area contributed by atoms with Crippen molar-refractivity contribution in [1.82, 2.24) is 0 Å². The molecule has 2 nitrogen and oxygen atoms in total. The maximum atomic E-state index is 6.59. The van der Waals surface area contributed by atoms with Crippen LogP contribution in [-0.4, -0.2) is 0 Å². The Morgan fingerprint density at radius 1 is 0.290 bits per heavy atom. The molecular formula is C60H41NO. The summed E-state index contributed by atoms with van der Waals surface area (Å²) in [6.07, 6.45) is 0. The molecule has 0 radical (unpaired) electrons. The molecule has 0 aliphatic heterocycles. The predicted octanol–water partition coefficient (Wildman–Crippen LogP) is 17.1. The highest BCUT2D eigenvalue weighted by Crippen LogP contribution is 2.44. The minimum Gasteiger partial charge on any atom is -0.455 e. The average molecular weight is 792 g/mol. The smallest absolute Gasteiger partial charge is 0.143 e. The number of para-hydroxylation sites is 2. The first-order chi connectivity index (χ1) is 30.7. The van der Waals surface area contributed by atoms with Crippen molar-refractivity contribution in [3.63, 3.8) is 0 Å². The van der Waals surface area contributed by atoms with E-state index in [1.165, 1.54) is 38.6 Å². The lowest BCUT2D eigenvalue weighted by atomic mass is 9.96. The van der Waals surface area contributed by atoms with Crippen molar-refractivity contribution < 1.29 is 4.42 Å². The number of rotatable bonds is 9. The third-order valence-electron chi connectivity index (χ3n) is 11.9. The van der Waals surface area contributed by atoms with Gasteiger partial charge in [0.1, 0.15) is 11.3 Å².